The molecule has 30 heavy (non-hydrogen) atoms. The van der Waals surface area contributed by atoms with Gasteiger partial charge in [0.25, 0.3) is 5.69 Å². The van der Waals surface area contributed by atoms with Crippen LogP contribution in [0.5, 0.6) is 0 Å². The van der Waals surface area contributed by atoms with Crippen molar-refractivity contribution in [2.75, 3.05) is 37.6 Å². The van der Waals surface area contributed by atoms with E-state index in [9.17, 15) is 10.1 Å². The van der Waals surface area contributed by atoms with Crippen LogP contribution in [0.4, 0.5) is 22.7 Å². The summed E-state index contributed by atoms with van der Waals surface area (Å²) in [7, 11) is 0. The van der Waals surface area contributed by atoms with E-state index in [0.717, 1.165) is 31.9 Å². The lowest BCUT2D eigenvalue weighted by atomic mass is 10.1. The van der Waals surface area contributed by atoms with Crippen LogP contribution in [0, 0.1) is 10.1 Å². The Morgan fingerprint density at radius 1 is 0.833 bits per heavy atom. The summed E-state index contributed by atoms with van der Waals surface area (Å²) in [6.07, 6.45) is 6.69. The lowest BCUT2D eigenvalue weighted by Crippen LogP contribution is -2.46. The third-order valence-corrected chi connectivity index (χ3v) is 5.51. The molecule has 0 spiro atoms. The zero-order valence-corrected chi connectivity index (χ0v) is 17.7. The van der Waals surface area contributed by atoms with Gasteiger partial charge in [-0.1, -0.05) is 32.6 Å². The van der Waals surface area contributed by atoms with Crippen molar-refractivity contribution in [2.24, 2.45) is 10.2 Å². The topological polar surface area (TPSA) is 74.3 Å². The summed E-state index contributed by atoms with van der Waals surface area (Å²) in [6.45, 7) is 7.83. The second-order valence-electron chi connectivity index (χ2n) is 7.73. The van der Waals surface area contributed by atoms with Crippen molar-refractivity contribution in [2.45, 2.75) is 39.0 Å². The average molecular weight is 410 g/mol. The van der Waals surface area contributed by atoms with Crippen LogP contribution >= 0.6 is 0 Å². The fourth-order valence-corrected chi connectivity index (χ4v) is 3.66. The number of unbranched alkanes of at least 4 members (excludes halogenated alkanes) is 4. The Bertz CT molecular complexity index is 812. The minimum absolute atomic E-state index is 0.0508. The summed E-state index contributed by atoms with van der Waals surface area (Å²) in [5.41, 5.74) is 2.63. The molecular formula is C23H31N5O2. The average Bonchev–Trinajstić information content (AvgIpc) is 2.79. The normalized spacial score (nSPS) is 15.0. The molecule has 160 valence electrons. The molecule has 1 aliphatic heterocycles. The largest absolute Gasteiger partial charge is 0.369 e. The number of rotatable bonds is 10. The minimum Gasteiger partial charge on any atom is -0.369 e. The van der Waals surface area contributed by atoms with Crippen molar-refractivity contribution in [3.05, 3.63) is 58.6 Å². The van der Waals surface area contributed by atoms with Gasteiger partial charge in [-0.3, -0.25) is 15.0 Å². The number of nitro benzene ring substituents is 1. The van der Waals surface area contributed by atoms with Gasteiger partial charge in [0.1, 0.15) is 0 Å². The molecule has 0 amide bonds. The van der Waals surface area contributed by atoms with E-state index in [4.69, 9.17) is 0 Å². The third kappa shape index (κ3) is 6.62. The zero-order valence-electron chi connectivity index (χ0n) is 17.7. The van der Waals surface area contributed by atoms with Crippen molar-refractivity contribution in [3.63, 3.8) is 0 Å². The van der Waals surface area contributed by atoms with Gasteiger partial charge >= 0.3 is 0 Å². The maximum absolute atomic E-state index is 10.7. The molecule has 0 bridgehead atoms. The van der Waals surface area contributed by atoms with Crippen LogP contribution in [0.2, 0.25) is 0 Å². The lowest BCUT2D eigenvalue weighted by molar-refractivity contribution is -0.384. The Hall–Kier alpha value is -2.80. The molecule has 0 saturated carbocycles. The zero-order chi connectivity index (χ0) is 21.2. The summed E-state index contributed by atoms with van der Waals surface area (Å²) >= 11 is 0. The Kier molecular flexibility index (Phi) is 8.32. The van der Waals surface area contributed by atoms with Crippen molar-refractivity contribution in [1.82, 2.24) is 4.90 Å². The van der Waals surface area contributed by atoms with E-state index < -0.39 is 4.92 Å². The highest BCUT2D eigenvalue weighted by Gasteiger charge is 2.16. The summed E-state index contributed by atoms with van der Waals surface area (Å²) < 4.78 is 0. The predicted octanol–water partition coefficient (Wildman–Crippen LogP) is 6.10. The number of nitrogens with zero attached hydrogens (tertiary/aromatic N) is 5. The highest BCUT2D eigenvalue weighted by atomic mass is 16.6. The number of non-ortho nitro benzene ring substituents is 1. The van der Waals surface area contributed by atoms with Crippen molar-refractivity contribution < 1.29 is 4.92 Å². The molecule has 3 rings (SSSR count). The fourth-order valence-electron chi connectivity index (χ4n) is 3.66. The van der Waals surface area contributed by atoms with E-state index in [2.05, 4.69) is 39.1 Å². The van der Waals surface area contributed by atoms with Gasteiger partial charge in [0.05, 0.1) is 16.3 Å². The van der Waals surface area contributed by atoms with Crippen LogP contribution in [-0.4, -0.2) is 42.5 Å². The van der Waals surface area contributed by atoms with E-state index in [1.807, 2.05) is 12.1 Å². The first-order valence-electron chi connectivity index (χ1n) is 10.9. The van der Waals surface area contributed by atoms with Crippen LogP contribution in [0.15, 0.2) is 58.8 Å². The maximum Gasteiger partial charge on any atom is 0.269 e. The summed E-state index contributed by atoms with van der Waals surface area (Å²) in [4.78, 5) is 15.3. The molecule has 0 aromatic heterocycles. The number of nitro groups is 1. The monoisotopic (exact) mass is 409 g/mol. The number of azo groups is 1. The number of anilines is 1. The predicted molar refractivity (Wildman–Crippen MR) is 121 cm³/mol. The molecule has 2 aromatic rings. The maximum atomic E-state index is 10.7. The highest BCUT2D eigenvalue weighted by molar-refractivity contribution is 5.53. The Labute approximate surface area is 178 Å². The first-order chi connectivity index (χ1) is 14.7. The lowest BCUT2D eigenvalue weighted by Gasteiger charge is -2.36. The van der Waals surface area contributed by atoms with E-state index in [0.29, 0.717) is 5.69 Å². The van der Waals surface area contributed by atoms with Gasteiger partial charge in [-0.25, -0.2) is 0 Å². The van der Waals surface area contributed by atoms with Crippen LogP contribution in [0.3, 0.4) is 0 Å². The molecule has 0 aliphatic carbocycles. The summed E-state index contributed by atoms with van der Waals surface area (Å²) in [5.74, 6) is 0. The molecule has 1 saturated heterocycles. The minimum atomic E-state index is -0.424. The number of hydrogen-bond donors (Lipinski definition) is 0. The van der Waals surface area contributed by atoms with Gasteiger partial charge in [0.15, 0.2) is 0 Å². The molecule has 1 fully saturated rings. The summed E-state index contributed by atoms with van der Waals surface area (Å²) in [5, 5.41) is 19.1. The molecule has 0 atom stereocenters. The first kappa shape index (κ1) is 21.9. The van der Waals surface area contributed by atoms with E-state index in [1.54, 1.807) is 12.1 Å². The van der Waals surface area contributed by atoms with Gasteiger partial charge in [0, 0.05) is 44.0 Å². The first-order valence-corrected chi connectivity index (χ1v) is 10.9. The van der Waals surface area contributed by atoms with Gasteiger partial charge in [-0.15, -0.1) is 0 Å². The smallest absolute Gasteiger partial charge is 0.269 e. The Balaban J connectivity index is 1.45. The summed E-state index contributed by atoms with van der Waals surface area (Å²) in [6, 6.07) is 14.2. The number of benzene rings is 2. The molecule has 0 radical (unpaired) electrons. The molecule has 1 aliphatic rings. The van der Waals surface area contributed by atoms with Crippen molar-refractivity contribution in [3.8, 4) is 0 Å². The van der Waals surface area contributed by atoms with Gasteiger partial charge in [-0.2, -0.15) is 10.2 Å². The number of piperazine rings is 1. The number of hydrogen-bond acceptors (Lipinski definition) is 6. The third-order valence-electron chi connectivity index (χ3n) is 5.51. The van der Waals surface area contributed by atoms with Gasteiger partial charge in [0.2, 0.25) is 0 Å². The van der Waals surface area contributed by atoms with Gasteiger partial charge in [-0.05, 0) is 49.4 Å². The quantitative estimate of drug-likeness (QED) is 0.206. The van der Waals surface area contributed by atoms with E-state index >= 15 is 0 Å². The van der Waals surface area contributed by atoms with Gasteiger partial charge < -0.3 is 4.90 Å². The molecule has 0 N–H and O–H groups in total. The SMILES string of the molecule is CCCCCCCN1CCN(c2ccc(N=Nc3ccc([N+](=O)[O-])cc3)cc2)CC1. The van der Waals surface area contributed by atoms with Crippen LogP contribution in [0.1, 0.15) is 39.0 Å². The van der Waals surface area contributed by atoms with Crippen molar-refractivity contribution in [1.29, 1.82) is 0 Å². The standard InChI is InChI=1S/C23H31N5O2/c1-2-3-4-5-6-15-26-16-18-27(19-17-26)22-11-7-20(8-12-22)24-25-21-9-13-23(14-10-21)28(29)30/h7-14H,2-6,15-19H2,1H3. The van der Waals surface area contributed by atoms with E-state index in [1.165, 1.54) is 56.5 Å². The van der Waals surface area contributed by atoms with Crippen molar-refractivity contribution >= 4 is 22.7 Å². The molecule has 7 nitrogen and oxygen atoms in total. The van der Waals surface area contributed by atoms with E-state index in [-0.39, 0.29) is 5.69 Å². The second kappa shape index (κ2) is 11.4. The Morgan fingerprint density at radius 2 is 1.40 bits per heavy atom. The van der Waals surface area contributed by atoms with Crippen LogP contribution in [-0.2, 0) is 0 Å². The fraction of sp³-hybridized carbons (Fsp3) is 0.478. The molecule has 0 unspecified atom stereocenters. The van der Waals surface area contributed by atoms with Crippen LogP contribution in [0.25, 0.3) is 0 Å². The molecule has 1 heterocycles. The molecular weight excluding hydrogens is 378 g/mol. The Morgan fingerprint density at radius 3 is 1.97 bits per heavy atom. The second-order valence-corrected chi connectivity index (χ2v) is 7.73. The molecule has 2 aromatic carbocycles. The molecule has 7 heteroatoms. The van der Waals surface area contributed by atoms with Crippen LogP contribution < -0.4 is 4.90 Å². The highest BCUT2D eigenvalue weighted by Crippen LogP contribution is 2.24.